The second-order valence-corrected chi connectivity index (χ2v) is 34.8. The number of esters is 1. The van der Waals surface area contributed by atoms with Gasteiger partial charge in [-0.1, -0.05) is 6.92 Å². The van der Waals surface area contributed by atoms with Crippen molar-refractivity contribution < 1.29 is 16.0 Å². The number of hydrogen-bond acceptors (Lipinski definition) is 2. The molecule has 0 amide bonds. The van der Waals surface area contributed by atoms with Crippen LogP contribution in [0.5, 0.6) is 0 Å². The molecule has 10 heterocycles. The molecule has 10 rings (SSSR count). The molecule has 0 aromatic heterocycles. The number of methoxy groups -OCH3 is 1. The van der Waals surface area contributed by atoms with Gasteiger partial charge in [0.1, 0.15) is 0 Å². The molecule has 0 bridgehead atoms. The molecule has 10 fully saturated rings. The molecule has 0 atom stereocenters. The molecule has 2 nitrogen and oxygen atoms in total. The number of ether oxygens (including phenoxy) is 1. The topological polar surface area (TPSA) is 26.3 Å². The summed E-state index contributed by atoms with van der Waals surface area (Å²) >= 11 is 0. The Kier molecular flexibility index (Phi) is 0.283. The third kappa shape index (κ3) is 0.0855. The molecule has 100 valence electrons. The normalized spacial score (nSPS) is 108. The van der Waals surface area contributed by atoms with E-state index in [4.69, 9.17) is 0 Å². The first kappa shape index (κ1) is 7.69. The van der Waals surface area contributed by atoms with E-state index < -0.39 is 6.51 Å². The fourth-order valence-corrected chi connectivity index (χ4v) is 88.3. The maximum atomic E-state index is 10.2. The molecule has 0 aromatic rings. The summed E-state index contributed by atoms with van der Waals surface area (Å²) in [5, 5.41) is 0. The number of fused-ring (bicyclic) bond motifs is 10. The van der Waals surface area contributed by atoms with Gasteiger partial charge in [-0.3, -0.25) is 4.79 Å². The fourth-order valence-electron chi connectivity index (χ4n) is 16.1. The van der Waals surface area contributed by atoms with Gasteiger partial charge in [-0.2, -0.15) is 0 Å². The summed E-state index contributed by atoms with van der Waals surface area (Å²) in [7, 11) is 1.40. The van der Waals surface area contributed by atoms with Gasteiger partial charge in [0.15, 0.2) is 0 Å². The quantitative estimate of drug-likeness (QED) is 0.558. The average Bonchev–Trinajstić information content (AvgIpc) is 3.30. The molecule has 0 radical (unpaired) electrons. The first-order valence-electron chi connectivity index (χ1n) is 7.75. The van der Waals surface area contributed by atoms with Gasteiger partial charge < -0.3 is 4.74 Å². The van der Waals surface area contributed by atoms with Crippen molar-refractivity contribution in [3.8, 4) is 0 Å². The number of carbonyl (C=O) groups excluding carboxylic acids is 1. The van der Waals surface area contributed by atoms with E-state index in [0.717, 1.165) is 6.42 Å². The summed E-state index contributed by atoms with van der Waals surface area (Å²) in [4.78, 5) is 26.1. The molecular formula is C15H20FeO2. The van der Waals surface area contributed by atoms with Crippen molar-refractivity contribution in [2.75, 3.05) is 7.11 Å². The zero-order chi connectivity index (χ0) is 11.8. The second-order valence-electron chi connectivity index (χ2n) is 10.9. The molecule has 3 heteroatoms. The molecule has 10 saturated heterocycles. The number of hydrogen-bond donors (Lipinski definition) is 0. The molecule has 0 aromatic carbocycles. The van der Waals surface area contributed by atoms with Crippen LogP contribution in [0, 0.1) is 0 Å². The van der Waals surface area contributed by atoms with Crippen molar-refractivity contribution in [3.63, 3.8) is 0 Å². The zero-order valence-corrected chi connectivity index (χ0v) is 12.0. The van der Waals surface area contributed by atoms with Crippen LogP contribution in [0.2, 0.25) is 48.2 Å². The standard InChI is InChI=1S/C5H10O2.2C5H5.Fe/c1-3-4-5(6)7-2;2*1-2-4-5-3-1;/h3-4H2,1-2H3;2*1-5H;. The van der Waals surface area contributed by atoms with Crippen LogP contribution in [0.4, 0.5) is 0 Å². The maximum absolute atomic E-state index is 10.2. The van der Waals surface area contributed by atoms with Crippen LogP contribution in [-0.4, -0.2) is 13.1 Å². The van der Waals surface area contributed by atoms with E-state index in [9.17, 15) is 4.79 Å². The Balaban J connectivity index is 0.0000000885. The van der Waals surface area contributed by atoms with Gasteiger partial charge in [0, 0.05) is 6.42 Å². The van der Waals surface area contributed by atoms with Gasteiger partial charge in [0.25, 0.3) is 0 Å². The van der Waals surface area contributed by atoms with E-state index >= 15 is 0 Å². The summed E-state index contributed by atoms with van der Waals surface area (Å²) in [6.45, 7) is -0.342. The molecule has 18 heavy (non-hydrogen) atoms. The van der Waals surface area contributed by atoms with E-state index in [1.807, 2.05) is 6.92 Å². The Bertz CT molecular complexity index is 718. The number of carbonyl (C=O) groups is 1. The van der Waals surface area contributed by atoms with Crippen LogP contribution in [0.25, 0.3) is 0 Å². The van der Waals surface area contributed by atoms with E-state index in [0.29, 0.717) is 6.42 Å². The van der Waals surface area contributed by atoms with Crippen molar-refractivity contribution in [1.29, 1.82) is 0 Å². The molecule has 0 aliphatic carbocycles. The van der Waals surface area contributed by atoms with Gasteiger partial charge in [-0.05, 0) is 6.42 Å². The van der Waals surface area contributed by atoms with Crippen molar-refractivity contribution in [2.24, 2.45) is 0 Å². The van der Waals surface area contributed by atoms with Crippen LogP contribution in [0.3, 0.4) is 0 Å². The minimum atomic E-state index is -2.28. The summed E-state index contributed by atoms with van der Waals surface area (Å²) < 4.78 is 4.35. The van der Waals surface area contributed by atoms with Crippen LogP contribution in [-0.2, 0) is 16.0 Å². The Labute approximate surface area is 97.1 Å². The monoisotopic (exact) mass is 288 g/mol. The molecule has 0 unspecified atom stereocenters. The Morgan fingerprint density at radius 1 is 0.889 bits per heavy atom. The van der Waals surface area contributed by atoms with E-state index in [-0.39, 0.29) is 5.97 Å². The predicted octanol–water partition coefficient (Wildman–Crippen LogP) is 4.34. The molecule has 0 saturated carbocycles. The second kappa shape index (κ2) is 0.662. The first-order chi connectivity index (χ1) is 8.47. The predicted molar refractivity (Wildman–Crippen MR) is 64.4 cm³/mol. The fraction of sp³-hybridized carbons (Fsp3) is 0.933. The van der Waals surface area contributed by atoms with Crippen molar-refractivity contribution in [2.45, 2.75) is 67.9 Å². The average molecular weight is 288 g/mol. The van der Waals surface area contributed by atoms with Crippen LogP contribution >= 0.6 is 0 Å². The first-order valence-corrected chi connectivity index (χ1v) is 14.1. The summed E-state index contributed by atoms with van der Waals surface area (Å²) in [5.41, 5.74) is 0. The van der Waals surface area contributed by atoms with Gasteiger partial charge in [0.05, 0.1) is 7.11 Å². The summed E-state index contributed by atoms with van der Waals surface area (Å²) in [6.07, 6.45) is 1.41. The van der Waals surface area contributed by atoms with E-state index in [1.165, 1.54) is 7.11 Å². The van der Waals surface area contributed by atoms with Crippen molar-refractivity contribution in [1.82, 2.24) is 0 Å². The molecule has 0 N–H and O–H groups in total. The van der Waals surface area contributed by atoms with Crippen LogP contribution < -0.4 is 0 Å². The Hall–Kier alpha value is -0.0105. The van der Waals surface area contributed by atoms with Gasteiger partial charge in [-0.25, -0.2) is 0 Å². The van der Waals surface area contributed by atoms with Crippen LogP contribution in [0.1, 0.15) is 19.8 Å². The van der Waals surface area contributed by atoms with Crippen molar-refractivity contribution in [3.05, 3.63) is 0 Å². The SMILES string of the molecule is CCCC(=O)OC.[CH]12[CH]3[CH]4[CH]5[CH]1[Fe]23451678[CH]2[CH]1[CH]6[CH]7[CH]28. The van der Waals surface area contributed by atoms with Gasteiger partial charge in [0.2, 0.25) is 0 Å². The third-order valence-electron chi connectivity index (χ3n) is 15.2. The number of rotatable bonds is 2. The Morgan fingerprint density at radius 3 is 1.28 bits per heavy atom. The van der Waals surface area contributed by atoms with Crippen LogP contribution in [0.15, 0.2) is 0 Å². The van der Waals surface area contributed by atoms with Gasteiger partial charge >= 0.3 is 60.6 Å². The molecule has 1 spiro atoms. The molecule has 10 aliphatic heterocycles. The Morgan fingerprint density at radius 2 is 1.22 bits per heavy atom. The summed E-state index contributed by atoms with van der Waals surface area (Å²) in [6, 6.07) is 0. The zero-order valence-electron chi connectivity index (χ0n) is 10.9. The van der Waals surface area contributed by atoms with E-state index in [2.05, 4.69) is 4.74 Å². The van der Waals surface area contributed by atoms with E-state index in [1.54, 1.807) is 48.2 Å². The summed E-state index contributed by atoms with van der Waals surface area (Å²) in [5.74, 6) is -0.123. The molecule has 10 aliphatic rings. The third-order valence-corrected chi connectivity index (χ3v) is 57.1. The van der Waals surface area contributed by atoms with Gasteiger partial charge in [-0.15, -0.1) is 0 Å². The molecular weight excluding hydrogens is 268 g/mol. The minimum absolute atomic E-state index is 0.123. The van der Waals surface area contributed by atoms with Crippen molar-refractivity contribution >= 4 is 5.97 Å².